The maximum Gasteiger partial charge on any atom is 0.252 e. The molecule has 0 bridgehead atoms. The van der Waals surface area contributed by atoms with Crippen LogP contribution in [-0.4, -0.2) is 51.2 Å². The first-order valence-electron chi connectivity index (χ1n) is 8.00. The van der Waals surface area contributed by atoms with Crippen molar-refractivity contribution in [2.75, 3.05) is 24.5 Å². The predicted molar refractivity (Wildman–Crippen MR) is 89.7 cm³/mol. The average Bonchev–Trinajstić information content (AvgIpc) is 2.61. The maximum absolute atomic E-state index is 12.2. The number of nitrogens with zero attached hydrogens (tertiary/aromatic N) is 4. The van der Waals surface area contributed by atoms with Crippen molar-refractivity contribution in [3.05, 3.63) is 48.2 Å². The van der Waals surface area contributed by atoms with E-state index in [1.807, 2.05) is 11.8 Å². The van der Waals surface area contributed by atoms with Crippen molar-refractivity contribution in [3.63, 3.8) is 0 Å². The molecule has 24 heavy (non-hydrogen) atoms. The van der Waals surface area contributed by atoms with E-state index < -0.39 is 5.60 Å². The zero-order valence-electron chi connectivity index (χ0n) is 13.6. The number of rotatable bonds is 4. The number of aliphatic hydroxyl groups is 1. The largest absolute Gasteiger partial charge is 0.386 e. The van der Waals surface area contributed by atoms with Crippen LogP contribution in [0.15, 0.2) is 36.9 Å². The zero-order valence-corrected chi connectivity index (χ0v) is 13.6. The third-order valence-corrected chi connectivity index (χ3v) is 4.18. The third-order valence-electron chi connectivity index (χ3n) is 4.18. The molecule has 0 radical (unpaired) electrons. The quantitative estimate of drug-likeness (QED) is 0.868. The highest BCUT2D eigenvalue weighted by molar-refractivity contribution is 5.93. The minimum Gasteiger partial charge on any atom is -0.386 e. The van der Waals surface area contributed by atoms with Gasteiger partial charge in [0.2, 0.25) is 0 Å². The number of pyridine rings is 1. The monoisotopic (exact) mass is 327 g/mol. The lowest BCUT2D eigenvalue weighted by atomic mass is 9.92. The van der Waals surface area contributed by atoms with Gasteiger partial charge in [-0.25, -0.2) is 4.98 Å². The van der Waals surface area contributed by atoms with Gasteiger partial charge in [0, 0.05) is 43.9 Å². The molecular formula is C17H21N5O2. The molecule has 1 amide bonds. The summed E-state index contributed by atoms with van der Waals surface area (Å²) in [7, 11) is 0. The van der Waals surface area contributed by atoms with Crippen molar-refractivity contribution in [1.82, 2.24) is 20.3 Å². The molecule has 1 fully saturated rings. The summed E-state index contributed by atoms with van der Waals surface area (Å²) in [4.78, 5) is 26.6. The van der Waals surface area contributed by atoms with Crippen LogP contribution in [0.1, 0.15) is 28.9 Å². The molecular weight excluding hydrogens is 306 g/mol. The number of carbonyl (C=O) groups is 1. The molecule has 1 aliphatic rings. The molecule has 2 aromatic heterocycles. The minimum absolute atomic E-state index is 0.191. The number of hydrogen-bond acceptors (Lipinski definition) is 6. The van der Waals surface area contributed by atoms with Gasteiger partial charge in [-0.1, -0.05) is 0 Å². The molecule has 1 unspecified atom stereocenters. The summed E-state index contributed by atoms with van der Waals surface area (Å²) in [5.41, 5.74) is 0.367. The fourth-order valence-corrected chi connectivity index (χ4v) is 2.86. The lowest BCUT2D eigenvalue weighted by Crippen LogP contribution is -2.54. The Kier molecular flexibility index (Phi) is 4.71. The number of anilines is 1. The number of piperidine rings is 1. The number of hydrogen-bond donors (Lipinski definition) is 2. The Morgan fingerprint density at radius 2 is 2.21 bits per heavy atom. The highest BCUT2D eigenvalue weighted by atomic mass is 16.3. The van der Waals surface area contributed by atoms with Crippen LogP contribution in [0, 0.1) is 6.92 Å². The molecule has 2 aromatic rings. The van der Waals surface area contributed by atoms with E-state index in [0.29, 0.717) is 18.5 Å². The van der Waals surface area contributed by atoms with E-state index in [2.05, 4.69) is 20.3 Å². The molecule has 3 heterocycles. The third kappa shape index (κ3) is 3.86. The second-order valence-corrected chi connectivity index (χ2v) is 6.18. The molecule has 0 aromatic carbocycles. The van der Waals surface area contributed by atoms with Crippen LogP contribution in [0.3, 0.4) is 0 Å². The Morgan fingerprint density at radius 3 is 2.92 bits per heavy atom. The fourth-order valence-electron chi connectivity index (χ4n) is 2.86. The minimum atomic E-state index is -0.983. The molecule has 7 nitrogen and oxygen atoms in total. The van der Waals surface area contributed by atoms with Crippen molar-refractivity contribution >= 4 is 11.7 Å². The van der Waals surface area contributed by atoms with Gasteiger partial charge in [0.05, 0.1) is 17.4 Å². The van der Waals surface area contributed by atoms with Gasteiger partial charge in [0.1, 0.15) is 5.82 Å². The van der Waals surface area contributed by atoms with Crippen LogP contribution in [-0.2, 0) is 0 Å². The van der Waals surface area contributed by atoms with Crippen LogP contribution >= 0.6 is 0 Å². The lowest BCUT2D eigenvalue weighted by molar-refractivity contribution is 0.0254. The van der Waals surface area contributed by atoms with E-state index in [1.54, 1.807) is 36.9 Å². The van der Waals surface area contributed by atoms with Crippen LogP contribution in [0.5, 0.6) is 0 Å². The van der Waals surface area contributed by atoms with Gasteiger partial charge in [0.15, 0.2) is 0 Å². The Balaban J connectivity index is 1.61. The standard InChI is InChI=1S/C17H21N5O2/c1-13-3-4-14(9-20-13)16(23)21-11-17(24)5-2-8-22(12-17)15-10-18-6-7-19-15/h3-4,6-7,9-10,24H,2,5,8,11-12H2,1H3,(H,21,23). The van der Waals surface area contributed by atoms with Gasteiger partial charge in [-0.05, 0) is 31.9 Å². The van der Waals surface area contributed by atoms with Gasteiger partial charge < -0.3 is 15.3 Å². The highest BCUT2D eigenvalue weighted by Crippen LogP contribution is 2.24. The number of amides is 1. The van der Waals surface area contributed by atoms with Crippen molar-refractivity contribution in [2.45, 2.75) is 25.4 Å². The number of nitrogens with one attached hydrogen (secondary N) is 1. The first-order valence-corrected chi connectivity index (χ1v) is 8.00. The molecule has 1 atom stereocenters. The molecule has 126 valence electrons. The summed E-state index contributed by atoms with van der Waals surface area (Å²) in [5.74, 6) is 0.511. The van der Waals surface area contributed by atoms with E-state index >= 15 is 0 Å². The van der Waals surface area contributed by atoms with Crippen molar-refractivity contribution in [2.24, 2.45) is 0 Å². The van der Waals surface area contributed by atoms with Crippen molar-refractivity contribution < 1.29 is 9.90 Å². The normalized spacial score (nSPS) is 20.7. The first kappa shape index (κ1) is 16.3. The van der Waals surface area contributed by atoms with Gasteiger partial charge >= 0.3 is 0 Å². The summed E-state index contributed by atoms with van der Waals surface area (Å²) >= 11 is 0. The second-order valence-electron chi connectivity index (χ2n) is 6.18. The van der Waals surface area contributed by atoms with Crippen LogP contribution in [0.25, 0.3) is 0 Å². The van der Waals surface area contributed by atoms with Crippen LogP contribution < -0.4 is 10.2 Å². The number of aromatic nitrogens is 3. The Morgan fingerprint density at radius 1 is 1.33 bits per heavy atom. The van der Waals surface area contributed by atoms with E-state index in [0.717, 1.165) is 24.5 Å². The van der Waals surface area contributed by atoms with Gasteiger partial charge in [0.25, 0.3) is 5.91 Å². The SMILES string of the molecule is Cc1ccc(C(=O)NCC2(O)CCCN(c3cnccn3)C2)cn1. The van der Waals surface area contributed by atoms with Crippen LogP contribution in [0.4, 0.5) is 5.82 Å². The van der Waals surface area contributed by atoms with Gasteiger partial charge in [-0.3, -0.25) is 14.8 Å². The second kappa shape index (κ2) is 6.92. The van der Waals surface area contributed by atoms with E-state index in [9.17, 15) is 9.90 Å². The Bertz CT molecular complexity index is 692. The molecule has 0 spiro atoms. The van der Waals surface area contributed by atoms with Crippen molar-refractivity contribution in [3.8, 4) is 0 Å². The first-order chi connectivity index (χ1) is 11.6. The van der Waals surface area contributed by atoms with Crippen molar-refractivity contribution in [1.29, 1.82) is 0 Å². The predicted octanol–water partition coefficient (Wildman–Crippen LogP) is 0.941. The summed E-state index contributed by atoms with van der Waals surface area (Å²) in [6, 6.07) is 3.52. The molecule has 0 saturated carbocycles. The summed E-state index contributed by atoms with van der Waals surface area (Å²) in [5, 5.41) is 13.6. The van der Waals surface area contributed by atoms with Crippen LogP contribution in [0.2, 0.25) is 0 Å². The van der Waals surface area contributed by atoms with E-state index in [1.165, 1.54) is 0 Å². The zero-order chi connectivity index (χ0) is 17.0. The topological polar surface area (TPSA) is 91.2 Å². The average molecular weight is 327 g/mol. The Hall–Kier alpha value is -2.54. The smallest absolute Gasteiger partial charge is 0.252 e. The van der Waals surface area contributed by atoms with Gasteiger partial charge in [-0.2, -0.15) is 0 Å². The lowest BCUT2D eigenvalue weighted by Gasteiger charge is -2.39. The fraction of sp³-hybridized carbons (Fsp3) is 0.412. The van der Waals surface area contributed by atoms with E-state index in [4.69, 9.17) is 0 Å². The maximum atomic E-state index is 12.2. The summed E-state index contributed by atoms with van der Waals surface area (Å²) in [6.07, 6.45) is 7.94. The number of carbonyl (C=O) groups excluding carboxylic acids is 1. The number of β-amino-alcohol motifs (C(OH)–C–C–N with tert-alkyl or cyclic N) is 1. The molecule has 7 heteroatoms. The molecule has 2 N–H and O–H groups in total. The van der Waals surface area contributed by atoms with Gasteiger partial charge in [-0.15, -0.1) is 0 Å². The molecule has 3 rings (SSSR count). The van der Waals surface area contributed by atoms with E-state index in [-0.39, 0.29) is 12.5 Å². The summed E-state index contributed by atoms with van der Waals surface area (Å²) in [6.45, 7) is 3.29. The molecule has 1 saturated heterocycles. The molecule has 0 aliphatic carbocycles. The summed E-state index contributed by atoms with van der Waals surface area (Å²) < 4.78 is 0. The highest BCUT2D eigenvalue weighted by Gasteiger charge is 2.34. The Labute approximate surface area is 140 Å². The molecule has 1 aliphatic heterocycles. The number of aryl methyl sites for hydroxylation is 1.